The summed E-state index contributed by atoms with van der Waals surface area (Å²) in [6, 6.07) is 11.2. The van der Waals surface area contributed by atoms with Gasteiger partial charge in [0.15, 0.2) is 5.75 Å². The molecule has 0 aliphatic heterocycles. The van der Waals surface area contributed by atoms with Crippen molar-refractivity contribution in [2.24, 2.45) is 0 Å². The molecule has 0 radical (unpaired) electrons. The monoisotopic (exact) mass is 420 g/mol. The van der Waals surface area contributed by atoms with E-state index < -0.39 is 23.3 Å². The number of ether oxygens (including phenoxy) is 3. The van der Waals surface area contributed by atoms with E-state index in [2.05, 4.69) is 9.84 Å². The number of carbonyl (C=O) groups excluding carboxylic acids is 1. The molecule has 156 valence electrons. The van der Waals surface area contributed by atoms with Gasteiger partial charge in [0.2, 0.25) is 5.69 Å². The predicted molar refractivity (Wildman–Crippen MR) is 99.2 cm³/mol. The van der Waals surface area contributed by atoms with Crippen LogP contribution in [0.15, 0.2) is 59.4 Å². The molecular formula is C20H15F3N2O5. The van der Waals surface area contributed by atoms with Crippen LogP contribution in [0.3, 0.4) is 0 Å². The maximum Gasteiger partial charge on any atom is 0.416 e. The van der Waals surface area contributed by atoms with Gasteiger partial charge in [-0.15, -0.1) is 0 Å². The largest absolute Gasteiger partial charge is 0.497 e. The van der Waals surface area contributed by atoms with Crippen LogP contribution < -0.4 is 15.0 Å². The fourth-order valence-electron chi connectivity index (χ4n) is 2.53. The smallest absolute Gasteiger partial charge is 0.416 e. The minimum atomic E-state index is -4.58. The van der Waals surface area contributed by atoms with Crippen LogP contribution >= 0.6 is 0 Å². The lowest BCUT2D eigenvalue weighted by molar-refractivity contribution is -0.137. The molecule has 0 unspecified atom stereocenters. The molecule has 0 aliphatic rings. The van der Waals surface area contributed by atoms with Crippen LogP contribution in [0.25, 0.3) is 5.69 Å². The third kappa shape index (κ3) is 4.43. The zero-order valence-electron chi connectivity index (χ0n) is 15.8. The highest BCUT2D eigenvalue weighted by Gasteiger charge is 2.31. The molecule has 1 heterocycles. The maximum absolute atomic E-state index is 12.9. The van der Waals surface area contributed by atoms with E-state index in [0.717, 1.165) is 36.1 Å². The van der Waals surface area contributed by atoms with E-state index in [4.69, 9.17) is 9.47 Å². The molecule has 0 saturated heterocycles. The molecule has 3 aromatic rings. The van der Waals surface area contributed by atoms with Gasteiger partial charge in [0.25, 0.3) is 5.56 Å². The Balaban J connectivity index is 2.06. The van der Waals surface area contributed by atoms with Gasteiger partial charge in [-0.05, 0) is 42.5 Å². The van der Waals surface area contributed by atoms with E-state index in [-0.39, 0.29) is 17.2 Å². The molecule has 7 nitrogen and oxygen atoms in total. The Hall–Kier alpha value is -3.82. The van der Waals surface area contributed by atoms with Gasteiger partial charge in [-0.1, -0.05) is 6.07 Å². The fourth-order valence-corrected chi connectivity index (χ4v) is 2.53. The number of aromatic nitrogens is 2. The Morgan fingerprint density at radius 2 is 1.70 bits per heavy atom. The van der Waals surface area contributed by atoms with Crippen LogP contribution in [0.1, 0.15) is 16.1 Å². The van der Waals surface area contributed by atoms with Crippen molar-refractivity contribution in [2.45, 2.75) is 6.18 Å². The van der Waals surface area contributed by atoms with Crippen LogP contribution in [0, 0.1) is 0 Å². The van der Waals surface area contributed by atoms with Crippen molar-refractivity contribution in [3.63, 3.8) is 0 Å². The molecule has 2 aromatic carbocycles. The van der Waals surface area contributed by atoms with Gasteiger partial charge >= 0.3 is 12.1 Å². The predicted octanol–water partition coefficient (Wildman–Crippen LogP) is 3.84. The summed E-state index contributed by atoms with van der Waals surface area (Å²) >= 11 is 0. The summed E-state index contributed by atoms with van der Waals surface area (Å²) in [4.78, 5) is 24.7. The summed E-state index contributed by atoms with van der Waals surface area (Å²) in [6.07, 6.45) is -4.58. The van der Waals surface area contributed by atoms with Gasteiger partial charge in [-0.3, -0.25) is 4.79 Å². The van der Waals surface area contributed by atoms with Crippen molar-refractivity contribution in [1.29, 1.82) is 0 Å². The Kier molecular flexibility index (Phi) is 5.77. The summed E-state index contributed by atoms with van der Waals surface area (Å²) in [7, 11) is 2.58. The second-order valence-electron chi connectivity index (χ2n) is 5.92. The molecule has 0 aliphatic carbocycles. The number of benzene rings is 2. The lowest BCUT2D eigenvalue weighted by Gasteiger charge is -2.13. The van der Waals surface area contributed by atoms with Crippen LogP contribution in [-0.2, 0) is 10.9 Å². The molecular weight excluding hydrogens is 405 g/mol. The molecule has 30 heavy (non-hydrogen) atoms. The zero-order chi connectivity index (χ0) is 21.9. The van der Waals surface area contributed by atoms with Crippen molar-refractivity contribution in [2.75, 3.05) is 14.2 Å². The molecule has 0 bridgehead atoms. The summed E-state index contributed by atoms with van der Waals surface area (Å²) in [5.74, 6) is -0.946. The second-order valence-corrected chi connectivity index (χ2v) is 5.92. The Morgan fingerprint density at radius 3 is 2.30 bits per heavy atom. The van der Waals surface area contributed by atoms with Crippen LogP contribution in [-0.4, -0.2) is 30.0 Å². The SMILES string of the molecule is COC(=O)c1nn(-c2ccc(OC)cc2)c(=O)cc1Oc1cccc(C(F)(F)F)c1. The number of hydrogen-bond donors (Lipinski definition) is 0. The lowest BCUT2D eigenvalue weighted by Crippen LogP contribution is -2.24. The zero-order valence-corrected chi connectivity index (χ0v) is 15.8. The average Bonchev–Trinajstić information content (AvgIpc) is 2.73. The van der Waals surface area contributed by atoms with E-state index in [1.165, 1.54) is 13.2 Å². The number of hydrogen-bond acceptors (Lipinski definition) is 6. The average molecular weight is 420 g/mol. The van der Waals surface area contributed by atoms with Gasteiger partial charge in [-0.25, -0.2) is 4.79 Å². The number of nitrogens with zero attached hydrogens (tertiary/aromatic N) is 2. The molecule has 10 heteroatoms. The normalized spacial score (nSPS) is 11.1. The van der Waals surface area contributed by atoms with E-state index in [0.29, 0.717) is 11.4 Å². The topological polar surface area (TPSA) is 79.6 Å². The molecule has 0 fully saturated rings. The van der Waals surface area contributed by atoms with Gasteiger partial charge < -0.3 is 14.2 Å². The molecule has 0 saturated carbocycles. The van der Waals surface area contributed by atoms with Crippen LogP contribution in [0.5, 0.6) is 17.2 Å². The van der Waals surface area contributed by atoms with Crippen molar-refractivity contribution < 1.29 is 32.2 Å². The first-order valence-corrected chi connectivity index (χ1v) is 8.45. The molecule has 0 atom stereocenters. The highest BCUT2D eigenvalue weighted by molar-refractivity contribution is 5.90. The summed E-state index contributed by atoms with van der Waals surface area (Å²) in [6.45, 7) is 0. The van der Waals surface area contributed by atoms with Gasteiger partial charge in [0.1, 0.15) is 11.5 Å². The van der Waals surface area contributed by atoms with Crippen molar-refractivity contribution in [3.05, 3.63) is 76.2 Å². The minimum Gasteiger partial charge on any atom is -0.497 e. The number of halogens is 3. The molecule has 0 amide bonds. The summed E-state index contributed by atoms with van der Waals surface area (Å²) < 4.78 is 54.8. The fraction of sp³-hybridized carbons (Fsp3) is 0.150. The number of alkyl halides is 3. The Morgan fingerprint density at radius 1 is 1.00 bits per heavy atom. The van der Waals surface area contributed by atoms with Gasteiger partial charge in [-0.2, -0.15) is 23.0 Å². The number of methoxy groups -OCH3 is 2. The quantitative estimate of drug-likeness (QED) is 0.584. The second kappa shape index (κ2) is 8.27. The first-order valence-electron chi connectivity index (χ1n) is 8.45. The van der Waals surface area contributed by atoms with Crippen LogP contribution in [0.2, 0.25) is 0 Å². The summed E-state index contributed by atoms with van der Waals surface area (Å²) in [5.41, 5.74) is -1.67. The minimum absolute atomic E-state index is 0.224. The number of rotatable bonds is 5. The molecule has 0 spiro atoms. The Labute approximate surface area is 168 Å². The summed E-state index contributed by atoms with van der Waals surface area (Å²) in [5, 5.41) is 3.98. The van der Waals surface area contributed by atoms with E-state index in [1.807, 2.05) is 0 Å². The third-order valence-electron chi connectivity index (χ3n) is 3.98. The van der Waals surface area contributed by atoms with E-state index in [9.17, 15) is 22.8 Å². The maximum atomic E-state index is 12.9. The first kappa shape index (κ1) is 20.9. The molecule has 1 aromatic heterocycles. The van der Waals surface area contributed by atoms with E-state index in [1.54, 1.807) is 24.3 Å². The van der Waals surface area contributed by atoms with Gasteiger partial charge in [0.05, 0.1) is 31.5 Å². The number of carbonyl (C=O) groups is 1. The highest BCUT2D eigenvalue weighted by atomic mass is 19.4. The Bertz CT molecular complexity index is 1120. The standard InChI is InChI=1S/C20H15F3N2O5/c1-28-14-8-6-13(7-9-14)25-17(26)11-16(18(24-25)19(27)29-2)30-15-5-3-4-12(10-15)20(21,22)23/h3-11H,1-2H3. The van der Waals surface area contributed by atoms with Crippen LogP contribution in [0.4, 0.5) is 13.2 Å². The lowest BCUT2D eigenvalue weighted by atomic mass is 10.2. The van der Waals surface area contributed by atoms with Crippen molar-refractivity contribution in [1.82, 2.24) is 9.78 Å². The molecule has 3 rings (SSSR count). The first-order chi connectivity index (χ1) is 14.2. The third-order valence-corrected chi connectivity index (χ3v) is 3.98. The van der Waals surface area contributed by atoms with E-state index >= 15 is 0 Å². The van der Waals surface area contributed by atoms with Gasteiger partial charge in [0, 0.05) is 0 Å². The van der Waals surface area contributed by atoms with Crippen molar-refractivity contribution >= 4 is 5.97 Å². The number of esters is 1. The molecule has 0 N–H and O–H groups in total. The van der Waals surface area contributed by atoms with Crippen molar-refractivity contribution in [3.8, 4) is 22.9 Å². The highest BCUT2D eigenvalue weighted by Crippen LogP contribution is 2.33.